The van der Waals surface area contributed by atoms with Crippen LogP contribution >= 0.6 is 11.8 Å². The number of hydrogen-bond acceptors (Lipinski definition) is 5. The number of carbonyl (C=O) groups is 1. The van der Waals surface area contributed by atoms with Crippen molar-refractivity contribution in [1.29, 1.82) is 0 Å². The molecule has 6 heteroatoms. The molecule has 2 aromatic rings. The molecule has 0 aromatic heterocycles. The summed E-state index contributed by atoms with van der Waals surface area (Å²) in [6, 6.07) is 14.9. The summed E-state index contributed by atoms with van der Waals surface area (Å²) < 4.78 is 10.8. The number of carboxylic acid groups (broad SMARTS) is 1. The van der Waals surface area contributed by atoms with Crippen molar-refractivity contribution < 1.29 is 24.5 Å². The Bertz CT molecular complexity index is 704. The van der Waals surface area contributed by atoms with Gasteiger partial charge in [0.25, 0.3) is 0 Å². The summed E-state index contributed by atoms with van der Waals surface area (Å²) in [6.07, 6.45) is -0.529. The first-order valence-electron chi connectivity index (χ1n) is 8.27. The van der Waals surface area contributed by atoms with E-state index >= 15 is 0 Å². The molecule has 2 N–H and O–H groups in total. The molecule has 0 spiro atoms. The number of aliphatic carboxylic acids is 1. The largest absolute Gasteiger partial charge is 0.491 e. The molecule has 0 saturated heterocycles. The van der Waals surface area contributed by atoms with Gasteiger partial charge in [-0.25, -0.2) is 4.79 Å². The fraction of sp³-hybridized carbons (Fsp3) is 0.350. The van der Waals surface area contributed by atoms with Crippen LogP contribution in [0.5, 0.6) is 11.5 Å². The SMILES string of the molecule is CC(C)(C)C(O)COc1ccc(Sc2ccc(OCC(=O)O)cc2)cc1. The quantitative estimate of drug-likeness (QED) is 0.723. The minimum atomic E-state index is -0.999. The summed E-state index contributed by atoms with van der Waals surface area (Å²) in [5.41, 5.74) is -0.212. The minimum absolute atomic E-state index is 0.212. The summed E-state index contributed by atoms with van der Waals surface area (Å²) in [5.74, 6) is 0.244. The Morgan fingerprint density at radius 1 is 0.962 bits per heavy atom. The molecule has 26 heavy (non-hydrogen) atoms. The van der Waals surface area contributed by atoms with E-state index in [1.165, 1.54) is 0 Å². The maximum Gasteiger partial charge on any atom is 0.341 e. The van der Waals surface area contributed by atoms with E-state index < -0.39 is 12.1 Å². The van der Waals surface area contributed by atoms with Crippen molar-refractivity contribution in [1.82, 2.24) is 0 Å². The first kappa shape index (κ1) is 20.1. The number of rotatable bonds is 8. The third-order valence-electron chi connectivity index (χ3n) is 3.65. The second-order valence-corrected chi connectivity index (χ2v) is 8.07. The normalized spacial score (nSPS) is 12.5. The Kier molecular flexibility index (Phi) is 6.94. The highest BCUT2D eigenvalue weighted by atomic mass is 32.2. The lowest BCUT2D eigenvalue weighted by atomic mass is 9.90. The van der Waals surface area contributed by atoms with E-state index in [1.807, 2.05) is 57.2 Å². The molecule has 0 aliphatic carbocycles. The van der Waals surface area contributed by atoms with Gasteiger partial charge in [0.05, 0.1) is 6.10 Å². The molecule has 0 saturated carbocycles. The molecule has 5 nitrogen and oxygen atoms in total. The van der Waals surface area contributed by atoms with Crippen LogP contribution in [0.1, 0.15) is 20.8 Å². The fourth-order valence-corrected chi connectivity index (χ4v) is 2.73. The summed E-state index contributed by atoms with van der Waals surface area (Å²) >= 11 is 1.58. The summed E-state index contributed by atoms with van der Waals surface area (Å²) in [7, 11) is 0. The highest BCUT2D eigenvalue weighted by molar-refractivity contribution is 7.99. The number of aliphatic hydroxyl groups excluding tert-OH is 1. The monoisotopic (exact) mass is 376 g/mol. The molecule has 0 aliphatic rings. The van der Waals surface area contributed by atoms with Gasteiger partial charge in [0.1, 0.15) is 18.1 Å². The molecule has 0 aliphatic heterocycles. The molecule has 0 amide bonds. The van der Waals surface area contributed by atoms with E-state index in [0.717, 1.165) is 15.5 Å². The summed E-state index contributed by atoms with van der Waals surface area (Å²) in [4.78, 5) is 12.6. The first-order chi connectivity index (χ1) is 12.2. The molecule has 2 aromatic carbocycles. The van der Waals surface area contributed by atoms with Crippen molar-refractivity contribution in [2.75, 3.05) is 13.2 Å². The average Bonchev–Trinajstić information content (AvgIpc) is 2.59. The van der Waals surface area contributed by atoms with E-state index in [4.69, 9.17) is 14.6 Å². The van der Waals surface area contributed by atoms with Gasteiger partial charge in [-0.05, 0) is 53.9 Å². The zero-order valence-electron chi connectivity index (χ0n) is 15.1. The van der Waals surface area contributed by atoms with Gasteiger partial charge in [-0.1, -0.05) is 32.5 Å². The van der Waals surface area contributed by atoms with Crippen molar-refractivity contribution >= 4 is 17.7 Å². The Labute approximate surface area is 158 Å². The summed E-state index contributed by atoms with van der Waals surface area (Å²) in [6.45, 7) is 5.82. The third kappa shape index (κ3) is 6.61. The van der Waals surface area contributed by atoms with E-state index in [2.05, 4.69) is 0 Å². The predicted octanol–water partition coefficient (Wildman–Crippen LogP) is 4.09. The van der Waals surface area contributed by atoms with Crippen molar-refractivity contribution in [3.63, 3.8) is 0 Å². The van der Waals surface area contributed by atoms with Crippen LogP contribution in [0, 0.1) is 5.41 Å². The number of ether oxygens (including phenoxy) is 2. The van der Waals surface area contributed by atoms with Crippen LogP contribution in [0.3, 0.4) is 0 Å². The maximum absolute atomic E-state index is 10.5. The number of aliphatic hydroxyl groups is 1. The Morgan fingerprint density at radius 3 is 1.85 bits per heavy atom. The highest BCUT2D eigenvalue weighted by Gasteiger charge is 2.22. The van der Waals surface area contributed by atoms with E-state index in [-0.39, 0.29) is 18.6 Å². The van der Waals surface area contributed by atoms with Gasteiger partial charge in [-0.15, -0.1) is 0 Å². The van der Waals surface area contributed by atoms with Gasteiger partial charge >= 0.3 is 5.97 Å². The molecule has 0 heterocycles. The van der Waals surface area contributed by atoms with Crippen LogP contribution in [0.4, 0.5) is 0 Å². The van der Waals surface area contributed by atoms with Gasteiger partial charge in [-0.3, -0.25) is 0 Å². The lowest BCUT2D eigenvalue weighted by molar-refractivity contribution is -0.139. The topological polar surface area (TPSA) is 76.0 Å². The molecule has 140 valence electrons. The number of hydrogen-bond donors (Lipinski definition) is 2. The Balaban J connectivity index is 1.87. The smallest absolute Gasteiger partial charge is 0.341 e. The number of carboxylic acids is 1. The maximum atomic E-state index is 10.5. The molecule has 0 radical (unpaired) electrons. The third-order valence-corrected chi connectivity index (χ3v) is 4.67. The van der Waals surface area contributed by atoms with Gasteiger partial charge in [0.15, 0.2) is 6.61 Å². The minimum Gasteiger partial charge on any atom is -0.491 e. The zero-order valence-corrected chi connectivity index (χ0v) is 16.0. The van der Waals surface area contributed by atoms with Crippen LogP contribution < -0.4 is 9.47 Å². The molecule has 0 fully saturated rings. The lowest BCUT2D eigenvalue weighted by Crippen LogP contribution is -2.31. The van der Waals surface area contributed by atoms with Crippen LogP contribution in [0.25, 0.3) is 0 Å². The van der Waals surface area contributed by atoms with Gasteiger partial charge in [-0.2, -0.15) is 0 Å². The average molecular weight is 376 g/mol. The molecule has 1 unspecified atom stereocenters. The second-order valence-electron chi connectivity index (χ2n) is 6.92. The molecular formula is C20H24O5S. The molecule has 0 bridgehead atoms. The Hall–Kier alpha value is -2.18. The standard InChI is InChI=1S/C20H24O5S/c1-20(2,3)18(21)12-24-14-4-8-16(9-5-14)26-17-10-6-15(7-11-17)25-13-19(22)23/h4-11,18,21H,12-13H2,1-3H3,(H,22,23). The van der Waals surface area contributed by atoms with Crippen molar-refractivity contribution in [3.8, 4) is 11.5 Å². The highest BCUT2D eigenvalue weighted by Crippen LogP contribution is 2.30. The zero-order chi connectivity index (χ0) is 19.2. The van der Waals surface area contributed by atoms with Gasteiger partial charge in [0, 0.05) is 9.79 Å². The van der Waals surface area contributed by atoms with Gasteiger partial charge < -0.3 is 19.7 Å². The predicted molar refractivity (Wildman–Crippen MR) is 101 cm³/mol. The van der Waals surface area contributed by atoms with E-state index in [9.17, 15) is 9.90 Å². The van der Waals surface area contributed by atoms with E-state index in [0.29, 0.717) is 5.75 Å². The van der Waals surface area contributed by atoms with Crippen LogP contribution in [0.15, 0.2) is 58.3 Å². The fourth-order valence-electron chi connectivity index (χ4n) is 1.91. The molecule has 2 rings (SSSR count). The Morgan fingerprint density at radius 2 is 1.42 bits per heavy atom. The lowest BCUT2D eigenvalue weighted by Gasteiger charge is -2.25. The second kappa shape index (κ2) is 8.96. The van der Waals surface area contributed by atoms with Crippen molar-refractivity contribution in [2.45, 2.75) is 36.7 Å². The van der Waals surface area contributed by atoms with Crippen molar-refractivity contribution in [2.24, 2.45) is 5.41 Å². The summed E-state index contributed by atoms with van der Waals surface area (Å²) in [5, 5.41) is 18.6. The molecular weight excluding hydrogens is 352 g/mol. The first-order valence-corrected chi connectivity index (χ1v) is 9.09. The molecule has 1 atom stereocenters. The van der Waals surface area contributed by atoms with Crippen LogP contribution in [-0.4, -0.2) is 35.5 Å². The number of benzene rings is 2. The van der Waals surface area contributed by atoms with Crippen molar-refractivity contribution in [3.05, 3.63) is 48.5 Å². The van der Waals surface area contributed by atoms with Crippen LogP contribution in [-0.2, 0) is 4.79 Å². The van der Waals surface area contributed by atoms with Gasteiger partial charge in [0.2, 0.25) is 0 Å². The van der Waals surface area contributed by atoms with Crippen LogP contribution in [0.2, 0.25) is 0 Å². The van der Waals surface area contributed by atoms with E-state index in [1.54, 1.807) is 23.9 Å².